The molecule has 1 fully saturated rings. The van der Waals surface area contributed by atoms with Gasteiger partial charge in [-0.15, -0.1) is 24.0 Å². The minimum atomic E-state index is -0.961. The number of hydrogen-bond donors (Lipinski definition) is 3. The SMILES string of the molecule is CCNC(=NCC(C)(O)c1ccccc1)NCC1CCN(C)CC1.I. The maximum absolute atomic E-state index is 10.7. The van der Waals surface area contributed by atoms with E-state index in [4.69, 9.17) is 0 Å². The van der Waals surface area contributed by atoms with Crippen LogP contribution < -0.4 is 10.6 Å². The van der Waals surface area contributed by atoms with Crippen molar-refractivity contribution in [3.8, 4) is 0 Å². The Balaban J connectivity index is 0.00000312. The summed E-state index contributed by atoms with van der Waals surface area (Å²) in [5, 5.41) is 17.4. The molecule has 0 spiro atoms. The van der Waals surface area contributed by atoms with E-state index in [1.807, 2.05) is 37.3 Å². The fraction of sp³-hybridized carbons (Fsp3) is 0.632. The van der Waals surface area contributed by atoms with Crippen LogP contribution in [0.25, 0.3) is 0 Å². The van der Waals surface area contributed by atoms with Crippen LogP contribution in [0.15, 0.2) is 35.3 Å². The molecule has 1 aliphatic rings. The number of rotatable bonds is 6. The van der Waals surface area contributed by atoms with Crippen LogP contribution in [-0.2, 0) is 5.60 Å². The van der Waals surface area contributed by atoms with Gasteiger partial charge in [-0.2, -0.15) is 0 Å². The van der Waals surface area contributed by atoms with Gasteiger partial charge >= 0.3 is 0 Å². The molecule has 1 aromatic carbocycles. The Morgan fingerprint density at radius 1 is 1.24 bits per heavy atom. The van der Waals surface area contributed by atoms with E-state index in [-0.39, 0.29) is 24.0 Å². The second-order valence-corrected chi connectivity index (χ2v) is 6.96. The second-order valence-electron chi connectivity index (χ2n) is 6.96. The summed E-state index contributed by atoms with van der Waals surface area (Å²) in [6, 6.07) is 9.72. The van der Waals surface area contributed by atoms with Gasteiger partial charge in [0.25, 0.3) is 0 Å². The quantitative estimate of drug-likeness (QED) is 0.347. The summed E-state index contributed by atoms with van der Waals surface area (Å²) in [6.07, 6.45) is 2.45. The predicted molar refractivity (Wildman–Crippen MR) is 116 cm³/mol. The van der Waals surface area contributed by atoms with Gasteiger partial charge in [-0.25, -0.2) is 4.99 Å². The maximum Gasteiger partial charge on any atom is 0.191 e. The van der Waals surface area contributed by atoms with Crippen molar-refractivity contribution >= 4 is 29.9 Å². The molecule has 0 bridgehead atoms. The lowest BCUT2D eigenvalue weighted by molar-refractivity contribution is 0.0672. The number of nitrogens with one attached hydrogen (secondary N) is 2. The summed E-state index contributed by atoms with van der Waals surface area (Å²) in [7, 11) is 2.18. The molecule has 1 atom stereocenters. The lowest BCUT2D eigenvalue weighted by atomic mass is 9.96. The van der Waals surface area contributed by atoms with Gasteiger partial charge in [-0.3, -0.25) is 0 Å². The molecule has 25 heavy (non-hydrogen) atoms. The van der Waals surface area contributed by atoms with Crippen molar-refractivity contribution in [2.45, 2.75) is 32.3 Å². The largest absolute Gasteiger partial charge is 0.384 e. The molecular weight excluding hydrogens is 427 g/mol. The Labute approximate surface area is 169 Å². The summed E-state index contributed by atoms with van der Waals surface area (Å²) in [4.78, 5) is 6.98. The summed E-state index contributed by atoms with van der Waals surface area (Å²) in [6.45, 7) is 8.29. The Hall–Kier alpha value is -0.860. The number of halogens is 1. The molecule has 5 nitrogen and oxygen atoms in total. The zero-order valence-corrected chi connectivity index (χ0v) is 18.0. The Bertz CT molecular complexity index is 513. The van der Waals surface area contributed by atoms with E-state index in [0.29, 0.717) is 12.5 Å². The number of aliphatic imine (C=N–C) groups is 1. The first kappa shape index (κ1) is 22.2. The molecule has 1 heterocycles. The number of aliphatic hydroxyl groups is 1. The average Bonchev–Trinajstić information content (AvgIpc) is 2.59. The zero-order chi connectivity index (χ0) is 17.4. The number of guanidine groups is 1. The van der Waals surface area contributed by atoms with Gasteiger partial charge in [0, 0.05) is 13.1 Å². The Kier molecular flexibility index (Phi) is 9.74. The van der Waals surface area contributed by atoms with Crippen LogP contribution in [0.1, 0.15) is 32.3 Å². The highest BCUT2D eigenvalue weighted by Crippen LogP contribution is 2.20. The molecule has 0 aliphatic carbocycles. The number of benzene rings is 1. The van der Waals surface area contributed by atoms with E-state index in [9.17, 15) is 5.11 Å². The highest BCUT2D eigenvalue weighted by atomic mass is 127. The van der Waals surface area contributed by atoms with Crippen LogP contribution in [0.4, 0.5) is 0 Å². The molecule has 1 saturated heterocycles. The van der Waals surface area contributed by atoms with Crippen molar-refractivity contribution in [1.29, 1.82) is 0 Å². The number of hydrogen-bond acceptors (Lipinski definition) is 3. The minimum Gasteiger partial charge on any atom is -0.384 e. The van der Waals surface area contributed by atoms with Gasteiger partial charge in [0.1, 0.15) is 5.60 Å². The zero-order valence-electron chi connectivity index (χ0n) is 15.7. The summed E-state index contributed by atoms with van der Waals surface area (Å²) in [5.41, 5.74) is -0.0723. The normalized spacial score (nSPS) is 19.0. The van der Waals surface area contributed by atoms with Gasteiger partial charge in [-0.1, -0.05) is 30.3 Å². The molecule has 6 heteroatoms. The molecule has 1 aliphatic heterocycles. The third kappa shape index (κ3) is 7.50. The molecule has 142 valence electrons. The van der Waals surface area contributed by atoms with Crippen molar-refractivity contribution in [3.63, 3.8) is 0 Å². The minimum absolute atomic E-state index is 0. The molecular formula is C19H33IN4O. The third-order valence-corrected chi connectivity index (χ3v) is 4.68. The average molecular weight is 460 g/mol. The predicted octanol–water partition coefficient (Wildman–Crippen LogP) is 2.41. The molecule has 3 N–H and O–H groups in total. The van der Waals surface area contributed by atoms with Gasteiger partial charge in [-0.05, 0) is 58.3 Å². The molecule has 0 radical (unpaired) electrons. The highest BCUT2D eigenvalue weighted by Gasteiger charge is 2.23. The topological polar surface area (TPSA) is 59.9 Å². The molecule has 0 aromatic heterocycles. The third-order valence-electron chi connectivity index (χ3n) is 4.68. The molecule has 0 amide bonds. The monoisotopic (exact) mass is 460 g/mol. The highest BCUT2D eigenvalue weighted by molar-refractivity contribution is 14.0. The first-order valence-corrected chi connectivity index (χ1v) is 9.00. The van der Waals surface area contributed by atoms with Crippen molar-refractivity contribution < 1.29 is 5.11 Å². The summed E-state index contributed by atoms with van der Waals surface area (Å²) < 4.78 is 0. The molecule has 2 rings (SSSR count). The Morgan fingerprint density at radius 3 is 2.48 bits per heavy atom. The van der Waals surface area contributed by atoms with Gasteiger partial charge in [0.2, 0.25) is 0 Å². The van der Waals surface area contributed by atoms with Crippen LogP contribution in [0.2, 0.25) is 0 Å². The lowest BCUT2D eigenvalue weighted by Crippen LogP contribution is -2.43. The second kappa shape index (κ2) is 11.0. The lowest BCUT2D eigenvalue weighted by Gasteiger charge is -2.29. The molecule has 1 aromatic rings. The van der Waals surface area contributed by atoms with Gasteiger partial charge < -0.3 is 20.6 Å². The summed E-state index contributed by atoms with van der Waals surface area (Å²) in [5.74, 6) is 1.48. The number of likely N-dealkylation sites (tertiary alicyclic amines) is 1. The smallest absolute Gasteiger partial charge is 0.191 e. The Morgan fingerprint density at radius 2 is 1.88 bits per heavy atom. The van der Waals surface area contributed by atoms with E-state index in [2.05, 4.69) is 34.5 Å². The van der Waals surface area contributed by atoms with Crippen molar-refractivity contribution in [3.05, 3.63) is 35.9 Å². The van der Waals surface area contributed by atoms with Gasteiger partial charge in [0.05, 0.1) is 6.54 Å². The standard InChI is InChI=1S/C19H32N4O.HI/c1-4-20-18(21-14-16-10-12-23(3)13-11-16)22-15-19(2,24)17-8-6-5-7-9-17;/h5-9,16,24H,4,10-15H2,1-3H3,(H2,20,21,22);1H. The van der Waals surface area contributed by atoms with Crippen LogP contribution in [-0.4, -0.2) is 55.7 Å². The number of piperidine rings is 1. The first-order chi connectivity index (χ1) is 11.5. The van der Waals surface area contributed by atoms with E-state index in [1.165, 1.54) is 25.9 Å². The molecule has 0 saturated carbocycles. The van der Waals surface area contributed by atoms with Gasteiger partial charge in [0.15, 0.2) is 5.96 Å². The van der Waals surface area contributed by atoms with Crippen molar-refractivity contribution in [2.24, 2.45) is 10.9 Å². The van der Waals surface area contributed by atoms with Crippen LogP contribution >= 0.6 is 24.0 Å². The van der Waals surface area contributed by atoms with E-state index < -0.39 is 5.60 Å². The molecule has 1 unspecified atom stereocenters. The van der Waals surface area contributed by atoms with Crippen LogP contribution in [0.3, 0.4) is 0 Å². The first-order valence-electron chi connectivity index (χ1n) is 9.00. The van der Waals surface area contributed by atoms with E-state index in [0.717, 1.165) is 24.6 Å². The summed E-state index contributed by atoms with van der Waals surface area (Å²) >= 11 is 0. The van der Waals surface area contributed by atoms with Crippen LogP contribution in [0, 0.1) is 5.92 Å². The fourth-order valence-electron chi connectivity index (χ4n) is 2.97. The van der Waals surface area contributed by atoms with E-state index in [1.54, 1.807) is 0 Å². The van der Waals surface area contributed by atoms with Crippen LogP contribution in [0.5, 0.6) is 0 Å². The maximum atomic E-state index is 10.7. The van der Waals surface area contributed by atoms with E-state index >= 15 is 0 Å². The fourth-order valence-corrected chi connectivity index (χ4v) is 2.97. The van der Waals surface area contributed by atoms with Crippen molar-refractivity contribution in [1.82, 2.24) is 15.5 Å². The van der Waals surface area contributed by atoms with Crippen molar-refractivity contribution in [2.75, 3.05) is 39.8 Å². The number of nitrogens with zero attached hydrogens (tertiary/aromatic N) is 2.